The van der Waals surface area contributed by atoms with Crippen LogP contribution in [-0.2, 0) is 9.53 Å². The number of carbonyl (C=O) groups excluding carboxylic acids is 1. The van der Waals surface area contributed by atoms with Crippen LogP contribution in [0.4, 0.5) is 8.78 Å². The summed E-state index contributed by atoms with van der Waals surface area (Å²) in [4.78, 5) is 14.8. The summed E-state index contributed by atoms with van der Waals surface area (Å²) in [6, 6.07) is 3.19. The first-order valence-corrected chi connectivity index (χ1v) is 9.39. The summed E-state index contributed by atoms with van der Waals surface area (Å²) in [6.07, 6.45) is 2.94. The first-order chi connectivity index (χ1) is 12.4. The Bertz CT molecular complexity index is 640. The van der Waals surface area contributed by atoms with E-state index < -0.39 is 17.4 Å². The van der Waals surface area contributed by atoms with E-state index >= 15 is 0 Å². The van der Waals surface area contributed by atoms with Crippen LogP contribution < -0.4 is 0 Å². The largest absolute Gasteiger partial charge is 0.467 e. The van der Waals surface area contributed by atoms with Crippen LogP contribution in [0.5, 0.6) is 0 Å². The van der Waals surface area contributed by atoms with Gasteiger partial charge in [-0.25, -0.2) is 8.78 Å². The van der Waals surface area contributed by atoms with Crippen molar-refractivity contribution in [3.63, 3.8) is 0 Å². The lowest BCUT2D eigenvalue weighted by atomic mass is 9.78. The predicted octanol–water partition coefficient (Wildman–Crippen LogP) is 3.15. The van der Waals surface area contributed by atoms with E-state index in [2.05, 4.69) is 0 Å². The fourth-order valence-corrected chi connectivity index (χ4v) is 4.57. The fraction of sp³-hybridized carbons (Fsp3) is 0.737. The van der Waals surface area contributed by atoms with E-state index in [1.807, 2.05) is 0 Å². The predicted molar refractivity (Wildman–Crippen MR) is 88.6 cm³/mol. The van der Waals surface area contributed by atoms with E-state index in [4.69, 9.17) is 9.15 Å². The molecule has 0 aromatic carbocycles. The summed E-state index contributed by atoms with van der Waals surface area (Å²) in [7, 11) is 0. The highest BCUT2D eigenvalue weighted by Crippen LogP contribution is 2.68. The lowest BCUT2D eigenvalue weighted by molar-refractivity contribution is -0.147. The monoisotopic (exact) mass is 369 g/mol. The van der Waals surface area contributed by atoms with Gasteiger partial charge >= 0.3 is 0 Å². The highest BCUT2D eigenvalue weighted by Gasteiger charge is 2.70. The Morgan fingerprint density at radius 1 is 1.38 bits per heavy atom. The van der Waals surface area contributed by atoms with Crippen molar-refractivity contribution in [2.24, 2.45) is 11.3 Å². The van der Waals surface area contributed by atoms with E-state index in [0.717, 1.165) is 0 Å². The molecule has 3 fully saturated rings. The first kappa shape index (κ1) is 17.9. The quantitative estimate of drug-likeness (QED) is 0.886. The summed E-state index contributed by atoms with van der Waals surface area (Å²) in [5, 5.41) is 10.3. The number of rotatable bonds is 4. The Morgan fingerprint density at radius 2 is 2.12 bits per heavy atom. The number of carbonyl (C=O) groups is 1. The molecule has 144 valence electrons. The maximum absolute atomic E-state index is 13.5. The van der Waals surface area contributed by atoms with Crippen LogP contribution in [0.15, 0.2) is 22.8 Å². The second-order valence-electron chi connectivity index (χ2n) is 7.96. The van der Waals surface area contributed by atoms with Crippen molar-refractivity contribution >= 4 is 5.91 Å². The number of hydrogen-bond acceptors (Lipinski definition) is 4. The number of ether oxygens (including phenoxy) is 1. The molecule has 0 bridgehead atoms. The van der Waals surface area contributed by atoms with Crippen molar-refractivity contribution in [1.29, 1.82) is 0 Å². The van der Waals surface area contributed by atoms with Crippen LogP contribution in [0, 0.1) is 11.3 Å². The molecule has 1 spiro atoms. The van der Waals surface area contributed by atoms with Gasteiger partial charge in [-0.15, -0.1) is 0 Å². The van der Waals surface area contributed by atoms with Gasteiger partial charge in [0.05, 0.1) is 25.5 Å². The number of hydrogen-bond donors (Lipinski definition) is 1. The number of nitrogens with zero attached hydrogens (tertiary/aromatic N) is 1. The van der Waals surface area contributed by atoms with Gasteiger partial charge in [0.15, 0.2) is 0 Å². The summed E-state index contributed by atoms with van der Waals surface area (Å²) >= 11 is 0. The molecule has 0 radical (unpaired) electrons. The van der Waals surface area contributed by atoms with Crippen molar-refractivity contribution < 1.29 is 27.8 Å². The van der Waals surface area contributed by atoms with Gasteiger partial charge in [0.1, 0.15) is 11.9 Å². The summed E-state index contributed by atoms with van der Waals surface area (Å²) in [6.45, 7) is 1.32. The standard InChI is InChI=1S/C19H25F2NO4/c20-19(21)12-18(19)5-3-13(4-6-18)17(24)22-7-9-25-11-14(22)10-15(23)16-2-1-8-26-16/h1-2,8,13-15,23H,3-7,9-12H2. The molecule has 7 heteroatoms. The van der Waals surface area contributed by atoms with Crippen molar-refractivity contribution in [2.75, 3.05) is 19.8 Å². The Labute approximate surface area is 151 Å². The third-order valence-corrected chi connectivity index (χ3v) is 6.38. The Balaban J connectivity index is 1.37. The van der Waals surface area contributed by atoms with Crippen LogP contribution >= 0.6 is 0 Å². The van der Waals surface area contributed by atoms with Gasteiger partial charge in [0, 0.05) is 30.7 Å². The minimum Gasteiger partial charge on any atom is -0.467 e. The smallest absolute Gasteiger partial charge is 0.254 e. The van der Waals surface area contributed by atoms with E-state index in [0.29, 0.717) is 57.6 Å². The number of morpholine rings is 1. The highest BCUT2D eigenvalue weighted by molar-refractivity contribution is 5.79. The van der Waals surface area contributed by atoms with E-state index in [9.17, 15) is 18.7 Å². The number of aliphatic hydroxyl groups is 1. The Kier molecular flexibility index (Phi) is 4.55. The van der Waals surface area contributed by atoms with Gasteiger partial charge in [-0.3, -0.25) is 4.79 Å². The van der Waals surface area contributed by atoms with Crippen molar-refractivity contribution in [3.8, 4) is 0 Å². The van der Waals surface area contributed by atoms with E-state index in [1.165, 1.54) is 6.26 Å². The van der Waals surface area contributed by atoms with Crippen LogP contribution in [0.1, 0.15) is 50.4 Å². The molecule has 5 nitrogen and oxygen atoms in total. The first-order valence-electron chi connectivity index (χ1n) is 9.39. The van der Waals surface area contributed by atoms with E-state index in [1.54, 1.807) is 17.0 Å². The summed E-state index contributed by atoms with van der Waals surface area (Å²) < 4.78 is 37.8. The topological polar surface area (TPSA) is 62.9 Å². The van der Waals surface area contributed by atoms with Gasteiger partial charge in [-0.2, -0.15) is 0 Å². The average molecular weight is 369 g/mol. The minimum absolute atomic E-state index is 0.0174. The van der Waals surface area contributed by atoms with Crippen molar-refractivity contribution in [3.05, 3.63) is 24.2 Å². The second-order valence-corrected chi connectivity index (χ2v) is 7.96. The lowest BCUT2D eigenvalue weighted by Gasteiger charge is -2.40. The zero-order valence-corrected chi connectivity index (χ0v) is 14.7. The third-order valence-electron chi connectivity index (χ3n) is 6.38. The number of furan rings is 1. The molecular weight excluding hydrogens is 344 g/mol. The summed E-state index contributed by atoms with van der Waals surface area (Å²) in [5.41, 5.74) is -0.830. The average Bonchev–Trinajstić information content (AvgIpc) is 3.00. The van der Waals surface area contributed by atoms with Gasteiger partial charge in [0.25, 0.3) is 5.92 Å². The number of aliphatic hydroxyl groups excluding tert-OH is 1. The molecular formula is C19H25F2NO4. The maximum atomic E-state index is 13.5. The van der Waals surface area contributed by atoms with Crippen LogP contribution in [0.2, 0.25) is 0 Å². The van der Waals surface area contributed by atoms with Crippen LogP contribution in [-0.4, -0.2) is 47.6 Å². The Hall–Kier alpha value is -1.47. The number of halogens is 2. The zero-order chi connectivity index (χ0) is 18.4. The van der Waals surface area contributed by atoms with Gasteiger partial charge in [-0.1, -0.05) is 0 Å². The number of amides is 1. The molecule has 3 aliphatic rings. The Morgan fingerprint density at radius 3 is 2.73 bits per heavy atom. The van der Waals surface area contributed by atoms with Crippen LogP contribution in [0.25, 0.3) is 0 Å². The highest BCUT2D eigenvalue weighted by atomic mass is 19.3. The maximum Gasteiger partial charge on any atom is 0.254 e. The fourth-order valence-electron chi connectivity index (χ4n) is 4.57. The molecule has 1 amide bonds. The van der Waals surface area contributed by atoms with E-state index in [-0.39, 0.29) is 24.3 Å². The van der Waals surface area contributed by atoms with Crippen molar-refractivity contribution in [2.45, 2.75) is 56.6 Å². The molecule has 2 aliphatic carbocycles. The normalized spacial score (nSPS) is 34.7. The lowest BCUT2D eigenvalue weighted by Crippen LogP contribution is -2.51. The zero-order valence-electron chi connectivity index (χ0n) is 14.7. The molecule has 1 aromatic heterocycles. The van der Waals surface area contributed by atoms with Crippen LogP contribution in [0.3, 0.4) is 0 Å². The molecule has 26 heavy (non-hydrogen) atoms. The molecule has 1 N–H and O–H groups in total. The molecule has 2 atom stereocenters. The number of alkyl halides is 2. The molecule has 1 saturated heterocycles. The minimum atomic E-state index is -2.53. The summed E-state index contributed by atoms with van der Waals surface area (Å²) in [5.74, 6) is -2.24. The SMILES string of the molecule is O=C(C1CCC2(CC1)CC2(F)F)N1CCOCC1CC(O)c1ccco1. The molecule has 1 aromatic rings. The molecule has 2 saturated carbocycles. The second kappa shape index (κ2) is 6.60. The van der Waals surface area contributed by atoms with Gasteiger partial charge in [-0.05, 0) is 37.8 Å². The molecule has 2 heterocycles. The van der Waals surface area contributed by atoms with Gasteiger partial charge < -0.3 is 19.2 Å². The molecule has 4 rings (SSSR count). The molecule has 2 unspecified atom stereocenters. The molecule has 1 aliphatic heterocycles. The van der Waals surface area contributed by atoms with Crippen molar-refractivity contribution in [1.82, 2.24) is 4.90 Å². The van der Waals surface area contributed by atoms with Gasteiger partial charge in [0.2, 0.25) is 5.91 Å². The third kappa shape index (κ3) is 3.16.